The molecule has 104 valence electrons. The summed E-state index contributed by atoms with van der Waals surface area (Å²) in [5, 5.41) is 12.6. The molecule has 0 aromatic heterocycles. The average Bonchev–Trinajstić information content (AvgIpc) is 2.37. The zero-order valence-corrected chi connectivity index (χ0v) is 11.8. The van der Waals surface area contributed by atoms with Crippen LogP contribution < -0.4 is 5.32 Å². The highest BCUT2D eigenvalue weighted by Crippen LogP contribution is 2.22. The summed E-state index contributed by atoms with van der Waals surface area (Å²) < 4.78 is 4.77. The molecule has 4 nitrogen and oxygen atoms in total. The molecule has 0 aliphatic carbocycles. The molecule has 5 heteroatoms. The summed E-state index contributed by atoms with van der Waals surface area (Å²) in [5.74, 6) is -0.271. The van der Waals surface area contributed by atoms with Crippen molar-refractivity contribution in [3.63, 3.8) is 0 Å². The monoisotopic (exact) mass is 283 g/mol. The Kier molecular flexibility index (Phi) is 6.56. The Morgan fingerprint density at radius 1 is 1.53 bits per heavy atom. The predicted octanol–water partition coefficient (Wildman–Crippen LogP) is 1.87. The molecule has 0 bridgehead atoms. The maximum Gasteiger partial charge on any atom is 0.244 e. The SMILES string of the molecule is COCC(O)CNC(=O)/C=C(/C)c1ccccc1Cl. The van der Waals surface area contributed by atoms with Gasteiger partial charge in [-0.3, -0.25) is 4.79 Å². The number of carbonyl (C=O) groups is 1. The van der Waals surface area contributed by atoms with Crippen molar-refractivity contribution in [2.75, 3.05) is 20.3 Å². The van der Waals surface area contributed by atoms with E-state index in [4.69, 9.17) is 16.3 Å². The van der Waals surface area contributed by atoms with Gasteiger partial charge in [0.05, 0.1) is 12.7 Å². The number of nitrogens with one attached hydrogen (secondary N) is 1. The van der Waals surface area contributed by atoms with E-state index >= 15 is 0 Å². The molecule has 0 aliphatic heterocycles. The second kappa shape index (κ2) is 7.94. The summed E-state index contributed by atoms with van der Waals surface area (Å²) in [6.45, 7) is 2.15. The van der Waals surface area contributed by atoms with Gasteiger partial charge in [0.15, 0.2) is 0 Å². The van der Waals surface area contributed by atoms with Crippen molar-refractivity contribution in [1.29, 1.82) is 0 Å². The first-order chi connectivity index (χ1) is 9.04. The quantitative estimate of drug-likeness (QED) is 0.784. The zero-order chi connectivity index (χ0) is 14.3. The third-order valence-electron chi connectivity index (χ3n) is 2.52. The van der Waals surface area contributed by atoms with Crippen LogP contribution in [0, 0.1) is 0 Å². The number of aliphatic hydroxyl groups excluding tert-OH is 1. The minimum absolute atomic E-state index is 0.152. The van der Waals surface area contributed by atoms with Crippen LogP contribution >= 0.6 is 11.6 Å². The normalized spacial score (nSPS) is 13.2. The number of methoxy groups -OCH3 is 1. The minimum atomic E-state index is -0.706. The predicted molar refractivity (Wildman–Crippen MR) is 76.0 cm³/mol. The number of benzene rings is 1. The van der Waals surface area contributed by atoms with Crippen LogP contribution in [0.5, 0.6) is 0 Å². The van der Waals surface area contributed by atoms with Crippen LogP contribution in [0.15, 0.2) is 30.3 Å². The highest BCUT2D eigenvalue weighted by Gasteiger charge is 2.07. The standard InChI is InChI=1S/C14H18ClNO3/c1-10(12-5-3-4-6-13(12)15)7-14(18)16-8-11(17)9-19-2/h3-7,11,17H,8-9H2,1-2H3,(H,16,18)/b10-7-. The second-order valence-electron chi connectivity index (χ2n) is 4.16. The van der Waals surface area contributed by atoms with Crippen molar-refractivity contribution in [3.8, 4) is 0 Å². The fourth-order valence-electron chi connectivity index (χ4n) is 1.58. The molecule has 1 unspecified atom stereocenters. The minimum Gasteiger partial charge on any atom is -0.389 e. The first-order valence-electron chi connectivity index (χ1n) is 5.92. The van der Waals surface area contributed by atoms with Crippen LogP contribution in [0.1, 0.15) is 12.5 Å². The molecule has 2 N–H and O–H groups in total. The molecule has 19 heavy (non-hydrogen) atoms. The van der Waals surface area contributed by atoms with E-state index in [-0.39, 0.29) is 19.1 Å². The van der Waals surface area contributed by atoms with Crippen LogP contribution in [0.3, 0.4) is 0 Å². The molecule has 0 saturated heterocycles. The molecule has 1 aromatic carbocycles. The van der Waals surface area contributed by atoms with Crippen LogP contribution in [0.4, 0.5) is 0 Å². The first kappa shape index (κ1) is 15.7. The van der Waals surface area contributed by atoms with E-state index in [1.807, 2.05) is 25.1 Å². The number of allylic oxidation sites excluding steroid dienone is 1. The topological polar surface area (TPSA) is 58.6 Å². The average molecular weight is 284 g/mol. The maximum atomic E-state index is 11.7. The van der Waals surface area contributed by atoms with E-state index < -0.39 is 6.10 Å². The van der Waals surface area contributed by atoms with E-state index in [0.29, 0.717) is 5.02 Å². The van der Waals surface area contributed by atoms with Crippen LogP contribution in [-0.4, -0.2) is 37.4 Å². The molecular formula is C14H18ClNO3. The summed E-state index contributed by atoms with van der Waals surface area (Å²) in [6, 6.07) is 7.31. The van der Waals surface area contributed by atoms with Crippen LogP contribution in [0.2, 0.25) is 5.02 Å². The van der Waals surface area contributed by atoms with Crippen LogP contribution in [-0.2, 0) is 9.53 Å². The summed E-state index contributed by atoms with van der Waals surface area (Å²) >= 11 is 6.04. The van der Waals surface area contributed by atoms with Crippen molar-refractivity contribution in [2.45, 2.75) is 13.0 Å². The third kappa shape index (κ3) is 5.42. The van der Waals surface area contributed by atoms with E-state index in [1.165, 1.54) is 13.2 Å². The maximum absolute atomic E-state index is 11.7. The van der Waals surface area contributed by atoms with Gasteiger partial charge in [0.2, 0.25) is 5.91 Å². The third-order valence-corrected chi connectivity index (χ3v) is 2.85. The first-order valence-corrected chi connectivity index (χ1v) is 6.30. The van der Waals surface area contributed by atoms with Crippen molar-refractivity contribution < 1.29 is 14.6 Å². The molecular weight excluding hydrogens is 266 g/mol. The number of rotatable bonds is 6. The van der Waals surface area contributed by atoms with E-state index in [0.717, 1.165) is 11.1 Å². The molecule has 0 saturated carbocycles. The molecule has 1 atom stereocenters. The summed E-state index contributed by atoms with van der Waals surface area (Å²) in [5.41, 5.74) is 1.58. The number of hydrogen-bond donors (Lipinski definition) is 2. The number of aliphatic hydroxyl groups is 1. The van der Waals surface area contributed by atoms with E-state index in [9.17, 15) is 9.90 Å². The Bertz CT molecular complexity index is 460. The summed E-state index contributed by atoms with van der Waals surface area (Å²) in [7, 11) is 1.49. The van der Waals surface area contributed by atoms with Gasteiger partial charge in [-0.2, -0.15) is 0 Å². The van der Waals surface area contributed by atoms with Gasteiger partial charge in [0.1, 0.15) is 0 Å². The fourth-order valence-corrected chi connectivity index (χ4v) is 1.86. The number of halogens is 1. The zero-order valence-electron chi connectivity index (χ0n) is 11.0. The van der Waals surface area contributed by atoms with Crippen LogP contribution in [0.25, 0.3) is 5.57 Å². The van der Waals surface area contributed by atoms with Gasteiger partial charge >= 0.3 is 0 Å². The fraction of sp³-hybridized carbons (Fsp3) is 0.357. The van der Waals surface area contributed by atoms with Crippen molar-refractivity contribution in [3.05, 3.63) is 40.9 Å². The molecule has 0 aliphatic rings. The molecule has 1 aromatic rings. The van der Waals surface area contributed by atoms with Gasteiger partial charge in [-0.1, -0.05) is 29.8 Å². The lowest BCUT2D eigenvalue weighted by Crippen LogP contribution is -2.33. The smallest absolute Gasteiger partial charge is 0.244 e. The molecule has 1 amide bonds. The number of hydrogen-bond acceptors (Lipinski definition) is 3. The van der Waals surface area contributed by atoms with E-state index in [1.54, 1.807) is 6.07 Å². The molecule has 1 rings (SSSR count). The lowest BCUT2D eigenvalue weighted by Gasteiger charge is -2.10. The Hall–Kier alpha value is -1.36. The van der Waals surface area contributed by atoms with Gasteiger partial charge in [-0.25, -0.2) is 0 Å². The molecule has 0 radical (unpaired) electrons. The largest absolute Gasteiger partial charge is 0.389 e. The van der Waals surface area contributed by atoms with Gasteiger partial charge in [-0.15, -0.1) is 0 Å². The van der Waals surface area contributed by atoms with Crippen molar-refractivity contribution in [2.24, 2.45) is 0 Å². The number of carbonyl (C=O) groups excluding carboxylic acids is 1. The number of amides is 1. The Morgan fingerprint density at radius 2 is 2.21 bits per heavy atom. The number of ether oxygens (including phenoxy) is 1. The lowest BCUT2D eigenvalue weighted by molar-refractivity contribution is -0.117. The molecule has 0 heterocycles. The second-order valence-corrected chi connectivity index (χ2v) is 4.57. The van der Waals surface area contributed by atoms with Gasteiger partial charge in [-0.05, 0) is 24.1 Å². The highest BCUT2D eigenvalue weighted by molar-refractivity contribution is 6.32. The Balaban J connectivity index is 2.59. The van der Waals surface area contributed by atoms with Gasteiger partial charge in [0.25, 0.3) is 0 Å². The van der Waals surface area contributed by atoms with Crippen molar-refractivity contribution >= 4 is 23.1 Å². The molecule has 0 spiro atoms. The van der Waals surface area contributed by atoms with Gasteiger partial charge < -0.3 is 15.2 Å². The Labute approximate surface area is 118 Å². The van der Waals surface area contributed by atoms with E-state index in [2.05, 4.69) is 5.32 Å². The molecule has 0 fully saturated rings. The Morgan fingerprint density at radius 3 is 2.84 bits per heavy atom. The van der Waals surface area contributed by atoms with Crippen molar-refractivity contribution in [1.82, 2.24) is 5.32 Å². The summed E-state index contributed by atoms with van der Waals surface area (Å²) in [4.78, 5) is 11.7. The summed E-state index contributed by atoms with van der Waals surface area (Å²) in [6.07, 6.45) is 0.753. The van der Waals surface area contributed by atoms with Gasteiger partial charge in [0, 0.05) is 24.8 Å². The highest BCUT2D eigenvalue weighted by atomic mass is 35.5. The lowest BCUT2D eigenvalue weighted by atomic mass is 10.1.